The third-order valence-electron chi connectivity index (χ3n) is 3.40. The predicted octanol–water partition coefficient (Wildman–Crippen LogP) is 1.32. The van der Waals surface area contributed by atoms with Crippen LogP contribution in [-0.2, 0) is 24.2 Å². The Morgan fingerprint density at radius 1 is 1.27 bits per heavy atom. The Morgan fingerprint density at radius 2 is 2.14 bits per heavy atom. The smallest absolute Gasteiger partial charge is 0.191 e. The molecule has 1 aromatic rings. The Hall–Kier alpha value is -0.900. The van der Waals surface area contributed by atoms with Gasteiger partial charge in [-0.2, -0.15) is 0 Å². The topological polar surface area (TPSA) is 76.4 Å². The van der Waals surface area contributed by atoms with Crippen molar-refractivity contribution in [3.63, 3.8) is 0 Å². The summed E-state index contributed by atoms with van der Waals surface area (Å²) in [5.41, 5.74) is 0. The van der Waals surface area contributed by atoms with Gasteiger partial charge in [-0.1, -0.05) is 0 Å². The molecule has 0 atom stereocenters. The van der Waals surface area contributed by atoms with Gasteiger partial charge in [0, 0.05) is 32.7 Å². The number of rotatable bonds is 7. The summed E-state index contributed by atoms with van der Waals surface area (Å²) in [6.45, 7) is 8.61. The molecular weight excluding hydrogens is 395 g/mol. The molecule has 0 saturated carbocycles. The molecule has 2 rings (SSSR count). The Labute approximate surface area is 149 Å². The number of fused-ring (bicyclic) bond motifs is 1. The van der Waals surface area contributed by atoms with E-state index in [1.165, 1.54) is 12.8 Å². The third-order valence-corrected chi connectivity index (χ3v) is 3.40. The number of nitrogens with zero attached hydrogens (tertiary/aromatic N) is 4. The van der Waals surface area contributed by atoms with Crippen LogP contribution < -0.4 is 10.6 Å². The van der Waals surface area contributed by atoms with Crippen LogP contribution >= 0.6 is 24.0 Å². The number of nitrogens with one attached hydrogen (secondary N) is 2. The Morgan fingerprint density at radius 3 is 2.91 bits per heavy atom. The van der Waals surface area contributed by atoms with E-state index >= 15 is 0 Å². The normalized spacial score (nSPS) is 14.2. The van der Waals surface area contributed by atoms with Crippen LogP contribution in [-0.4, -0.2) is 47.0 Å². The minimum absolute atomic E-state index is 0. The van der Waals surface area contributed by atoms with Crippen molar-refractivity contribution in [3.05, 3.63) is 11.6 Å². The lowest BCUT2D eigenvalue weighted by Gasteiger charge is -2.14. The number of aryl methyl sites for hydroxylation is 1. The molecule has 0 aromatic carbocycles. The van der Waals surface area contributed by atoms with Crippen molar-refractivity contribution >= 4 is 29.9 Å². The molecule has 126 valence electrons. The average molecular weight is 422 g/mol. The highest BCUT2D eigenvalue weighted by molar-refractivity contribution is 14.0. The van der Waals surface area contributed by atoms with Crippen molar-refractivity contribution in [1.29, 1.82) is 0 Å². The standard InChI is InChI=1S/C14H26N6O.HI/c1-3-15-14(16-8-10-21-4-2)17-11-13-19-18-12-7-5-6-9-20(12)13;/h3-11H2,1-2H3,(H2,15,16,17);1H. The second kappa shape index (κ2) is 10.8. The van der Waals surface area contributed by atoms with Gasteiger partial charge in [0.1, 0.15) is 12.4 Å². The van der Waals surface area contributed by atoms with E-state index < -0.39 is 0 Å². The highest BCUT2D eigenvalue weighted by Gasteiger charge is 2.15. The van der Waals surface area contributed by atoms with E-state index in [0.29, 0.717) is 13.2 Å². The molecule has 0 aliphatic carbocycles. The average Bonchev–Trinajstić information content (AvgIpc) is 2.92. The van der Waals surface area contributed by atoms with Crippen LogP contribution in [0.3, 0.4) is 0 Å². The van der Waals surface area contributed by atoms with Gasteiger partial charge in [0.15, 0.2) is 11.8 Å². The lowest BCUT2D eigenvalue weighted by molar-refractivity contribution is 0.152. The highest BCUT2D eigenvalue weighted by Crippen LogP contribution is 2.14. The first kappa shape index (κ1) is 19.1. The van der Waals surface area contributed by atoms with Crippen LogP contribution in [0.25, 0.3) is 0 Å². The molecule has 22 heavy (non-hydrogen) atoms. The van der Waals surface area contributed by atoms with Gasteiger partial charge in [0.2, 0.25) is 0 Å². The van der Waals surface area contributed by atoms with E-state index in [9.17, 15) is 0 Å². The monoisotopic (exact) mass is 422 g/mol. The summed E-state index contributed by atoms with van der Waals surface area (Å²) in [6.07, 6.45) is 3.45. The van der Waals surface area contributed by atoms with Gasteiger partial charge in [0.05, 0.1) is 6.61 Å². The molecule has 2 heterocycles. The molecule has 2 N–H and O–H groups in total. The van der Waals surface area contributed by atoms with Crippen molar-refractivity contribution in [2.75, 3.05) is 26.3 Å². The maximum absolute atomic E-state index is 5.32. The maximum atomic E-state index is 5.32. The maximum Gasteiger partial charge on any atom is 0.191 e. The number of aliphatic imine (C=N–C) groups is 1. The van der Waals surface area contributed by atoms with Crippen LogP contribution in [0.1, 0.15) is 38.3 Å². The van der Waals surface area contributed by atoms with Crippen molar-refractivity contribution in [2.45, 2.75) is 46.2 Å². The summed E-state index contributed by atoms with van der Waals surface area (Å²) in [4.78, 5) is 4.58. The molecule has 0 fully saturated rings. The lowest BCUT2D eigenvalue weighted by Crippen LogP contribution is -2.39. The van der Waals surface area contributed by atoms with Crippen LogP contribution in [0.5, 0.6) is 0 Å². The summed E-state index contributed by atoms with van der Waals surface area (Å²) in [7, 11) is 0. The van der Waals surface area contributed by atoms with Gasteiger partial charge in [-0.05, 0) is 26.7 Å². The minimum atomic E-state index is 0. The number of guanidine groups is 1. The van der Waals surface area contributed by atoms with E-state index in [2.05, 4.69) is 37.3 Å². The second-order valence-corrected chi connectivity index (χ2v) is 4.96. The van der Waals surface area contributed by atoms with Gasteiger partial charge in [-0.3, -0.25) is 0 Å². The molecule has 7 nitrogen and oxygen atoms in total. The van der Waals surface area contributed by atoms with Crippen LogP contribution in [0, 0.1) is 0 Å². The number of aromatic nitrogens is 3. The molecule has 0 spiro atoms. The highest BCUT2D eigenvalue weighted by atomic mass is 127. The summed E-state index contributed by atoms with van der Waals surface area (Å²) < 4.78 is 7.52. The quantitative estimate of drug-likeness (QED) is 0.300. The van der Waals surface area contributed by atoms with Crippen LogP contribution in [0.4, 0.5) is 0 Å². The fourth-order valence-corrected chi connectivity index (χ4v) is 2.36. The zero-order valence-electron chi connectivity index (χ0n) is 13.5. The third kappa shape index (κ3) is 5.71. The van der Waals surface area contributed by atoms with E-state index in [1.807, 2.05) is 6.92 Å². The zero-order chi connectivity index (χ0) is 14.9. The van der Waals surface area contributed by atoms with Gasteiger partial charge in [-0.25, -0.2) is 4.99 Å². The molecule has 1 aliphatic heterocycles. The van der Waals surface area contributed by atoms with Gasteiger partial charge in [0.25, 0.3) is 0 Å². The Balaban J connectivity index is 0.00000242. The number of ether oxygens (including phenoxy) is 1. The SMILES string of the molecule is CCNC(=NCc1nnc2n1CCCC2)NCCOCC.I. The summed E-state index contributed by atoms with van der Waals surface area (Å²) >= 11 is 0. The Bertz CT molecular complexity index is 462. The molecule has 1 aromatic heterocycles. The largest absolute Gasteiger partial charge is 0.380 e. The van der Waals surface area contributed by atoms with Crippen LogP contribution in [0.2, 0.25) is 0 Å². The first-order chi connectivity index (χ1) is 10.3. The zero-order valence-corrected chi connectivity index (χ0v) is 15.8. The predicted molar refractivity (Wildman–Crippen MR) is 97.7 cm³/mol. The van der Waals surface area contributed by atoms with Crippen molar-refractivity contribution < 1.29 is 4.74 Å². The molecule has 0 amide bonds. The fourth-order valence-electron chi connectivity index (χ4n) is 2.36. The van der Waals surface area contributed by atoms with Gasteiger partial charge < -0.3 is 19.9 Å². The minimum Gasteiger partial charge on any atom is -0.380 e. The van der Waals surface area contributed by atoms with E-state index in [1.54, 1.807) is 0 Å². The van der Waals surface area contributed by atoms with E-state index in [0.717, 1.165) is 50.3 Å². The second-order valence-electron chi connectivity index (χ2n) is 4.96. The first-order valence-electron chi connectivity index (χ1n) is 7.86. The Kier molecular flexibility index (Phi) is 9.37. The van der Waals surface area contributed by atoms with E-state index in [4.69, 9.17) is 4.74 Å². The van der Waals surface area contributed by atoms with E-state index in [-0.39, 0.29) is 24.0 Å². The molecule has 0 bridgehead atoms. The van der Waals surface area contributed by atoms with Crippen molar-refractivity contribution in [2.24, 2.45) is 4.99 Å². The summed E-state index contributed by atoms with van der Waals surface area (Å²) in [5.74, 6) is 2.85. The van der Waals surface area contributed by atoms with Crippen LogP contribution in [0.15, 0.2) is 4.99 Å². The van der Waals surface area contributed by atoms with Crippen molar-refractivity contribution in [1.82, 2.24) is 25.4 Å². The lowest BCUT2D eigenvalue weighted by atomic mass is 10.2. The molecule has 8 heteroatoms. The van der Waals surface area contributed by atoms with Gasteiger partial charge >= 0.3 is 0 Å². The number of hydrogen-bond donors (Lipinski definition) is 2. The fraction of sp³-hybridized carbons (Fsp3) is 0.786. The summed E-state index contributed by atoms with van der Waals surface area (Å²) in [5, 5.41) is 15.0. The number of halogens is 1. The molecule has 0 radical (unpaired) electrons. The molecule has 0 saturated heterocycles. The summed E-state index contributed by atoms with van der Waals surface area (Å²) in [6, 6.07) is 0. The molecule has 0 unspecified atom stereocenters. The molecular formula is C14H27IN6O. The first-order valence-corrected chi connectivity index (χ1v) is 7.86. The van der Waals surface area contributed by atoms with Crippen molar-refractivity contribution in [3.8, 4) is 0 Å². The van der Waals surface area contributed by atoms with Gasteiger partial charge in [-0.15, -0.1) is 34.2 Å². The molecule has 1 aliphatic rings. The number of hydrogen-bond acceptors (Lipinski definition) is 4.